The maximum Gasteiger partial charge on any atom is 0.290 e. The van der Waals surface area contributed by atoms with Gasteiger partial charge in [0, 0.05) is 32.4 Å². The first-order chi connectivity index (χ1) is 16.0. The summed E-state index contributed by atoms with van der Waals surface area (Å²) in [5.74, 6) is -2.34. The van der Waals surface area contributed by atoms with Crippen LogP contribution in [0.25, 0.3) is 0 Å². The van der Waals surface area contributed by atoms with Crippen molar-refractivity contribution >= 4 is 34.9 Å². The summed E-state index contributed by atoms with van der Waals surface area (Å²) in [5.41, 5.74) is 1.04. The topological polar surface area (TPSA) is 109 Å². The van der Waals surface area contributed by atoms with E-state index in [0.717, 1.165) is 5.56 Å². The Kier molecular flexibility index (Phi) is 9.18. The number of benzene rings is 1. The van der Waals surface area contributed by atoms with Gasteiger partial charge in [-0.3, -0.25) is 28.8 Å². The molecule has 4 unspecified atom stereocenters. The van der Waals surface area contributed by atoms with E-state index in [1.807, 2.05) is 42.5 Å². The number of hydrogen-bond donors (Lipinski definition) is 0. The molecule has 0 bridgehead atoms. The lowest BCUT2D eigenvalue weighted by Crippen LogP contribution is -2.52. The maximum absolute atomic E-state index is 11.9. The Morgan fingerprint density at radius 2 is 1.41 bits per heavy atom. The highest BCUT2D eigenvalue weighted by molar-refractivity contribution is 6.36. The zero-order valence-electron chi connectivity index (χ0n) is 20.3. The molecule has 0 aliphatic carbocycles. The molecular weight excluding hydrogens is 436 g/mol. The molecule has 0 N–H and O–H groups in total. The highest BCUT2D eigenvalue weighted by Gasteiger charge is 2.41. The number of Topliss-reactive ketones (excluding diaryl/α,β-unsaturated/α-hetero) is 4. The molecule has 3 rings (SSSR count). The Morgan fingerprint density at radius 1 is 0.824 bits per heavy atom. The number of rotatable bonds is 5. The Balaban J connectivity index is 0.000000248. The van der Waals surface area contributed by atoms with Crippen molar-refractivity contribution < 1.29 is 28.8 Å². The summed E-state index contributed by atoms with van der Waals surface area (Å²) < 4.78 is 0. The highest BCUT2D eigenvalue weighted by atomic mass is 16.2. The smallest absolute Gasteiger partial charge is 0.290 e. The van der Waals surface area contributed by atoms with Crippen molar-refractivity contribution in [2.24, 2.45) is 0 Å². The minimum absolute atomic E-state index is 0.0120. The van der Waals surface area contributed by atoms with Gasteiger partial charge in [-0.15, -0.1) is 0 Å². The summed E-state index contributed by atoms with van der Waals surface area (Å²) in [6, 6.07) is 8.48. The lowest BCUT2D eigenvalue weighted by molar-refractivity contribution is -0.148. The summed E-state index contributed by atoms with van der Waals surface area (Å²) in [7, 11) is 0. The molecule has 1 aromatic rings. The van der Waals surface area contributed by atoms with Gasteiger partial charge in [0.05, 0.1) is 12.1 Å². The van der Waals surface area contributed by atoms with Crippen molar-refractivity contribution in [2.45, 2.75) is 71.5 Å². The molecular formula is C26H32N2O6. The van der Waals surface area contributed by atoms with Gasteiger partial charge in [-0.25, -0.2) is 0 Å². The minimum Gasteiger partial charge on any atom is -0.325 e. The predicted octanol–water partition coefficient (Wildman–Crippen LogP) is 2.26. The van der Waals surface area contributed by atoms with E-state index in [4.69, 9.17) is 0 Å². The molecule has 1 saturated heterocycles. The van der Waals surface area contributed by atoms with E-state index in [9.17, 15) is 28.8 Å². The molecule has 1 fully saturated rings. The molecule has 4 atom stereocenters. The Hall–Kier alpha value is -3.42. The first kappa shape index (κ1) is 26.8. The van der Waals surface area contributed by atoms with Crippen molar-refractivity contribution in [3.05, 3.63) is 48.0 Å². The molecule has 2 amide bonds. The lowest BCUT2D eigenvalue weighted by Gasteiger charge is -2.35. The van der Waals surface area contributed by atoms with Crippen LogP contribution in [0.3, 0.4) is 0 Å². The SMILES string of the molecule is CC(=O)C(=O)N1C(C)C=CCC1C(C)=O.CC(=O)C(=O)N1CCC(c2ccccc2)C1C(C)=O. The van der Waals surface area contributed by atoms with Crippen LogP contribution < -0.4 is 0 Å². The second-order valence-corrected chi connectivity index (χ2v) is 8.72. The molecule has 182 valence electrons. The van der Waals surface area contributed by atoms with E-state index in [1.165, 1.54) is 37.5 Å². The van der Waals surface area contributed by atoms with Crippen molar-refractivity contribution in [3.63, 3.8) is 0 Å². The predicted molar refractivity (Wildman–Crippen MR) is 126 cm³/mol. The van der Waals surface area contributed by atoms with E-state index < -0.39 is 35.5 Å². The molecule has 8 heteroatoms. The van der Waals surface area contributed by atoms with Crippen LogP contribution in [-0.4, -0.2) is 69.4 Å². The zero-order chi connectivity index (χ0) is 25.6. The fourth-order valence-corrected chi connectivity index (χ4v) is 4.54. The maximum atomic E-state index is 11.9. The molecule has 1 aromatic carbocycles. The highest BCUT2D eigenvalue weighted by Crippen LogP contribution is 2.34. The average Bonchev–Trinajstić information content (AvgIpc) is 3.24. The van der Waals surface area contributed by atoms with Crippen LogP contribution in [0.15, 0.2) is 42.5 Å². The third-order valence-electron chi connectivity index (χ3n) is 6.16. The van der Waals surface area contributed by atoms with Crippen molar-refractivity contribution in [3.8, 4) is 0 Å². The van der Waals surface area contributed by atoms with Gasteiger partial charge in [0.15, 0.2) is 11.6 Å². The molecule has 0 spiro atoms. The van der Waals surface area contributed by atoms with Crippen LogP contribution in [0.1, 0.15) is 58.9 Å². The molecule has 0 radical (unpaired) electrons. The Labute approximate surface area is 200 Å². The molecule has 2 aliphatic rings. The largest absolute Gasteiger partial charge is 0.325 e. The van der Waals surface area contributed by atoms with Gasteiger partial charge < -0.3 is 9.80 Å². The van der Waals surface area contributed by atoms with Crippen LogP contribution in [-0.2, 0) is 28.8 Å². The van der Waals surface area contributed by atoms with Crippen molar-refractivity contribution in [1.29, 1.82) is 0 Å². The van der Waals surface area contributed by atoms with Gasteiger partial charge >= 0.3 is 0 Å². The minimum atomic E-state index is -0.577. The van der Waals surface area contributed by atoms with E-state index in [0.29, 0.717) is 19.4 Å². The number of carbonyl (C=O) groups excluding carboxylic acids is 6. The zero-order valence-corrected chi connectivity index (χ0v) is 20.3. The van der Waals surface area contributed by atoms with Gasteiger partial charge in [-0.1, -0.05) is 42.5 Å². The first-order valence-electron chi connectivity index (χ1n) is 11.3. The number of amides is 2. The van der Waals surface area contributed by atoms with Gasteiger partial charge in [0.1, 0.15) is 0 Å². The van der Waals surface area contributed by atoms with Crippen LogP contribution in [0.5, 0.6) is 0 Å². The number of hydrogen-bond acceptors (Lipinski definition) is 6. The standard InChI is InChI=1S/C15H17NO3.C11H15NO3/c1-10(17)14-13(12-6-4-3-5-7-12)8-9-16(14)15(19)11(2)18;1-7-5-4-6-10(8(2)13)12(7)11(15)9(3)14/h3-7,13-14H,8-9H2,1-2H3;4-5,7,10H,6H2,1-3H3. The lowest BCUT2D eigenvalue weighted by atomic mass is 9.90. The normalized spacial score (nSPS) is 23.6. The summed E-state index contributed by atoms with van der Waals surface area (Å²) in [4.78, 5) is 71.7. The molecule has 34 heavy (non-hydrogen) atoms. The number of nitrogens with zero attached hydrogens (tertiary/aromatic N) is 2. The Morgan fingerprint density at radius 3 is 1.91 bits per heavy atom. The quantitative estimate of drug-likeness (QED) is 0.484. The molecule has 0 aromatic heterocycles. The first-order valence-corrected chi connectivity index (χ1v) is 11.3. The third-order valence-corrected chi connectivity index (χ3v) is 6.16. The summed E-state index contributed by atoms with van der Waals surface area (Å²) in [6.45, 7) is 7.65. The van der Waals surface area contributed by atoms with Crippen LogP contribution in [0.4, 0.5) is 0 Å². The number of carbonyl (C=O) groups is 6. The van der Waals surface area contributed by atoms with Gasteiger partial charge in [0.25, 0.3) is 11.8 Å². The molecule has 2 aliphatic heterocycles. The van der Waals surface area contributed by atoms with Gasteiger partial charge in [0.2, 0.25) is 11.6 Å². The van der Waals surface area contributed by atoms with Crippen LogP contribution in [0.2, 0.25) is 0 Å². The average molecular weight is 469 g/mol. The van der Waals surface area contributed by atoms with Crippen LogP contribution >= 0.6 is 0 Å². The van der Waals surface area contributed by atoms with E-state index in [1.54, 1.807) is 6.92 Å². The molecule has 8 nitrogen and oxygen atoms in total. The van der Waals surface area contributed by atoms with E-state index in [2.05, 4.69) is 0 Å². The van der Waals surface area contributed by atoms with Gasteiger partial charge in [-0.05, 0) is 39.2 Å². The van der Waals surface area contributed by atoms with Crippen LogP contribution in [0, 0.1) is 0 Å². The second-order valence-electron chi connectivity index (χ2n) is 8.72. The van der Waals surface area contributed by atoms with E-state index >= 15 is 0 Å². The fraction of sp³-hybridized carbons (Fsp3) is 0.462. The van der Waals surface area contributed by atoms with Crippen molar-refractivity contribution in [2.75, 3.05) is 6.54 Å². The summed E-state index contributed by atoms with van der Waals surface area (Å²) in [5, 5.41) is 0. The molecule has 2 heterocycles. The number of ketones is 4. The monoisotopic (exact) mass is 468 g/mol. The van der Waals surface area contributed by atoms with Gasteiger partial charge in [-0.2, -0.15) is 0 Å². The second kappa shape index (κ2) is 11.6. The third kappa shape index (κ3) is 6.12. The number of likely N-dealkylation sites (tertiary alicyclic amines) is 1. The Bertz CT molecular complexity index is 1000. The molecule has 0 saturated carbocycles. The fourth-order valence-electron chi connectivity index (χ4n) is 4.54. The summed E-state index contributed by atoms with van der Waals surface area (Å²) >= 11 is 0. The van der Waals surface area contributed by atoms with E-state index in [-0.39, 0.29) is 23.5 Å². The van der Waals surface area contributed by atoms with Crippen molar-refractivity contribution in [1.82, 2.24) is 9.80 Å². The summed E-state index contributed by atoms with van der Waals surface area (Å²) in [6.07, 6.45) is 4.92.